The van der Waals surface area contributed by atoms with Gasteiger partial charge in [-0.2, -0.15) is 0 Å². The van der Waals surface area contributed by atoms with Crippen LogP contribution in [0.4, 0.5) is 0 Å². The summed E-state index contributed by atoms with van der Waals surface area (Å²) in [6.07, 6.45) is 59.6. The lowest BCUT2D eigenvalue weighted by molar-refractivity contribution is -0.870. The van der Waals surface area contributed by atoms with Crippen molar-refractivity contribution in [3.63, 3.8) is 0 Å². The Bertz CT molecular complexity index is 1330. The minimum atomic E-state index is -4.45. The van der Waals surface area contributed by atoms with Gasteiger partial charge >= 0.3 is 13.8 Å². The van der Waals surface area contributed by atoms with Crippen LogP contribution in [0.5, 0.6) is 0 Å². The lowest BCUT2D eigenvalue weighted by Crippen LogP contribution is -2.47. The maximum atomic E-state index is 13.5. The van der Waals surface area contributed by atoms with Crippen LogP contribution < -0.4 is 5.32 Å². The first-order chi connectivity index (χ1) is 33.4. The number of allylic oxidation sites excluding steroid dienone is 7. The highest BCUT2D eigenvalue weighted by molar-refractivity contribution is 7.47. The normalized spacial score (nSPS) is 14.1. The lowest BCUT2D eigenvalue weighted by Gasteiger charge is -2.27. The van der Waals surface area contributed by atoms with Crippen LogP contribution in [0.2, 0.25) is 0 Å². The summed E-state index contributed by atoms with van der Waals surface area (Å²) < 4.78 is 30.6. The van der Waals surface area contributed by atoms with E-state index in [-0.39, 0.29) is 31.5 Å². The van der Waals surface area contributed by atoms with E-state index in [0.29, 0.717) is 17.4 Å². The second kappa shape index (κ2) is 49.5. The van der Waals surface area contributed by atoms with Crippen LogP contribution in [0, 0.1) is 0 Å². The molecule has 0 aliphatic heterocycles. The van der Waals surface area contributed by atoms with Gasteiger partial charge in [-0.05, 0) is 89.5 Å². The topological polar surface area (TPSA) is 111 Å². The molecule has 0 fully saturated rings. The molecule has 0 saturated heterocycles. The summed E-state index contributed by atoms with van der Waals surface area (Å²) in [4.78, 5) is 37.6. The monoisotopic (exact) mass is 992 g/mol. The molecule has 0 aromatic heterocycles. The average molecular weight is 993 g/mol. The van der Waals surface area contributed by atoms with Gasteiger partial charge in [-0.25, -0.2) is 4.57 Å². The number of carbonyl (C=O) groups excluding carboxylic acids is 2. The quantitative estimate of drug-likeness (QED) is 0.0205. The molecule has 0 spiro atoms. The standard InChI is InChI=1S/C59H111N2O7P/c1-7-10-13-16-19-22-25-28-30-31-32-34-37-40-43-46-49-52-59(63)68-57(50-47-44-41-38-35-27-24-21-18-15-12-9-3)56(55-67-69(64,65)66-54-53-61(4,5)6)60-58(62)51-48-45-42-39-36-33-29-26-23-20-17-14-11-8-2/h19,22,28,30,33,36,47,50,56-57H,7-18,20-21,23-27,29,31-32,34-35,37-46,48-49,51-55H2,1-6H3,(H-,60,62,64,65)/p+1/b22-19-,30-28-,36-33-,50-47+. The summed E-state index contributed by atoms with van der Waals surface area (Å²) in [5.41, 5.74) is 0. The molecule has 0 heterocycles. The van der Waals surface area contributed by atoms with Gasteiger partial charge in [-0.1, -0.05) is 211 Å². The van der Waals surface area contributed by atoms with E-state index in [1.807, 2.05) is 33.3 Å². The zero-order valence-electron chi connectivity index (χ0n) is 46.1. The van der Waals surface area contributed by atoms with Crippen LogP contribution in [0.1, 0.15) is 265 Å². The van der Waals surface area contributed by atoms with Crippen molar-refractivity contribution >= 4 is 19.7 Å². The average Bonchev–Trinajstić information content (AvgIpc) is 3.31. The SMILES string of the molecule is CCCCC/C=C\C/C=C\CCCCCCCCCC(=O)OC(/C=C/CCCCCCCCCCCC)C(COP(=O)(O)OCC[N+](C)(C)C)NC(=O)CCCCC/C=C\CCCCCCCCC. The van der Waals surface area contributed by atoms with Crippen LogP contribution in [0.25, 0.3) is 0 Å². The predicted octanol–water partition coefficient (Wildman–Crippen LogP) is 17.3. The number of rotatable bonds is 52. The maximum Gasteiger partial charge on any atom is 0.472 e. The first kappa shape index (κ1) is 67.0. The van der Waals surface area contributed by atoms with Gasteiger partial charge < -0.3 is 19.4 Å². The van der Waals surface area contributed by atoms with Gasteiger partial charge in [0, 0.05) is 12.8 Å². The van der Waals surface area contributed by atoms with Crippen molar-refractivity contribution in [3.8, 4) is 0 Å². The van der Waals surface area contributed by atoms with E-state index in [1.165, 1.54) is 141 Å². The van der Waals surface area contributed by atoms with Crippen LogP contribution in [0.3, 0.4) is 0 Å². The Morgan fingerprint density at radius 2 is 0.884 bits per heavy atom. The molecule has 3 atom stereocenters. The summed E-state index contributed by atoms with van der Waals surface area (Å²) in [5, 5.41) is 3.04. The van der Waals surface area contributed by atoms with Gasteiger partial charge in [0.15, 0.2) is 0 Å². The Morgan fingerprint density at radius 1 is 0.507 bits per heavy atom. The number of hydrogen-bond donors (Lipinski definition) is 2. The second-order valence-corrected chi connectivity index (χ2v) is 22.3. The minimum absolute atomic E-state index is 0.0362. The fraction of sp³-hybridized carbons (Fsp3) is 0.831. The highest BCUT2D eigenvalue weighted by Crippen LogP contribution is 2.43. The molecule has 0 saturated carbocycles. The van der Waals surface area contributed by atoms with Crippen LogP contribution in [0.15, 0.2) is 48.6 Å². The van der Waals surface area contributed by atoms with E-state index < -0.39 is 20.0 Å². The third kappa shape index (κ3) is 50.7. The number of ether oxygens (including phenoxy) is 1. The summed E-state index contributed by atoms with van der Waals surface area (Å²) >= 11 is 0. The van der Waals surface area contributed by atoms with Gasteiger partial charge in [-0.3, -0.25) is 18.6 Å². The van der Waals surface area contributed by atoms with E-state index in [2.05, 4.69) is 62.5 Å². The smallest absolute Gasteiger partial charge is 0.456 e. The Morgan fingerprint density at radius 3 is 1.36 bits per heavy atom. The fourth-order valence-corrected chi connectivity index (χ4v) is 8.94. The Balaban J connectivity index is 5.37. The van der Waals surface area contributed by atoms with E-state index in [0.717, 1.165) is 89.9 Å². The lowest BCUT2D eigenvalue weighted by atomic mass is 10.0. The summed E-state index contributed by atoms with van der Waals surface area (Å²) in [5.74, 6) is -0.529. The van der Waals surface area contributed by atoms with Gasteiger partial charge in [0.25, 0.3) is 0 Å². The molecule has 3 unspecified atom stereocenters. The van der Waals surface area contributed by atoms with Crippen molar-refractivity contribution in [2.75, 3.05) is 40.9 Å². The maximum absolute atomic E-state index is 13.5. The summed E-state index contributed by atoms with van der Waals surface area (Å²) in [7, 11) is 1.48. The van der Waals surface area contributed by atoms with E-state index in [9.17, 15) is 19.0 Å². The molecule has 0 aromatic rings. The van der Waals surface area contributed by atoms with Crippen LogP contribution in [-0.2, 0) is 27.9 Å². The molecule has 0 aromatic carbocycles. The van der Waals surface area contributed by atoms with Crippen molar-refractivity contribution in [2.45, 2.75) is 277 Å². The number of nitrogens with zero attached hydrogens (tertiary/aromatic N) is 1. The third-order valence-corrected chi connectivity index (χ3v) is 13.7. The van der Waals surface area contributed by atoms with Crippen molar-refractivity contribution < 1.29 is 37.3 Å². The van der Waals surface area contributed by atoms with E-state index in [1.54, 1.807) is 0 Å². The van der Waals surface area contributed by atoms with Gasteiger partial charge in [0.05, 0.1) is 33.8 Å². The van der Waals surface area contributed by atoms with Gasteiger partial charge in [0.2, 0.25) is 5.91 Å². The number of carbonyl (C=O) groups is 2. The predicted molar refractivity (Wildman–Crippen MR) is 295 cm³/mol. The summed E-state index contributed by atoms with van der Waals surface area (Å²) in [6, 6.07) is -0.857. The van der Waals surface area contributed by atoms with Crippen LogP contribution in [-0.4, -0.2) is 74.3 Å². The number of nitrogens with one attached hydrogen (secondary N) is 1. The number of phosphoric ester groups is 1. The second-order valence-electron chi connectivity index (χ2n) is 20.8. The van der Waals surface area contributed by atoms with E-state index in [4.69, 9.17) is 13.8 Å². The Labute approximate surface area is 427 Å². The van der Waals surface area contributed by atoms with Gasteiger partial charge in [0.1, 0.15) is 19.3 Å². The highest BCUT2D eigenvalue weighted by Gasteiger charge is 2.30. The molecule has 69 heavy (non-hydrogen) atoms. The van der Waals surface area contributed by atoms with Crippen molar-refractivity contribution in [1.29, 1.82) is 0 Å². The molecular weight excluding hydrogens is 880 g/mol. The number of unbranched alkanes of at least 4 members (excludes halogenated alkanes) is 30. The van der Waals surface area contributed by atoms with Crippen molar-refractivity contribution in [3.05, 3.63) is 48.6 Å². The first-order valence-corrected chi connectivity index (χ1v) is 30.5. The number of hydrogen-bond acceptors (Lipinski definition) is 6. The minimum Gasteiger partial charge on any atom is -0.456 e. The molecule has 0 aliphatic rings. The molecular formula is C59H112N2O7P+. The van der Waals surface area contributed by atoms with E-state index >= 15 is 0 Å². The number of likely N-dealkylation sites (N-methyl/N-ethyl adjacent to an activating group) is 1. The number of phosphoric acid groups is 1. The molecule has 0 bridgehead atoms. The third-order valence-electron chi connectivity index (χ3n) is 12.7. The summed E-state index contributed by atoms with van der Waals surface area (Å²) in [6.45, 7) is 6.97. The van der Waals surface area contributed by atoms with Gasteiger partial charge in [-0.15, -0.1) is 0 Å². The number of esters is 1. The first-order valence-electron chi connectivity index (χ1n) is 29.0. The molecule has 404 valence electrons. The molecule has 9 nitrogen and oxygen atoms in total. The molecule has 10 heteroatoms. The fourth-order valence-electron chi connectivity index (χ4n) is 8.20. The zero-order chi connectivity index (χ0) is 50.8. The Hall–Kier alpha value is -2.03. The zero-order valence-corrected chi connectivity index (χ0v) is 47.0. The van der Waals surface area contributed by atoms with Crippen molar-refractivity contribution in [2.24, 2.45) is 0 Å². The Kier molecular flexibility index (Phi) is 48.1. The van der Waals surface area contributed by atoms with Crippen molar-refractivity contribution in [1.82, 2.24) is 5.32 Å². The molecule has 2 N–H and O–H groups in total. The molecule has 0 aliphatic carbocycles. The largest absolute Gasteiger partial charge is 0.472 e. The van der Waals surface area contributed by atoms with Crippen LogP contribution >= 0.6 is 7.82 Å². The molecule has 1 amide bonds. The number of quaternary nitrogens is 1. The highest BCUT2D eigenvalue weighted by atomic mass is 31.2. The molecule has 0 radical (unpaired) electrons. The molecule has 0 rings (SSSR count). The number of amides is 1.